The fourth-order valence-electron chi connectivity index (χ4n) is 1.86. The van der Waals surface area contributed by atoms with Crippen molar-refractivity contribution in [2.45, 2.75) is 13.3 Å². The van der Waals surface area contributed by atoms with Crippen LogP contribution < -0.4 is 5.56 Å². The SMILES string of the molecule is CCc1cc(C(=O)OC)cc2ccc(=O)[nH]c12. The summed E-state index contributed by atoms with van der Waals surface area (Å²) in [4.78, 5) is 25.6. The number of ether oxygens (including phenoxy) is 1. The summed E-state index contributed by atoms with van der Waals surface area (Å²) in [6, 6.07) is 6.63. The molecule has 0 saturated carbocycles. The highest BCUT2D eigenvalue weighted by molar-refractivity contribution is 5.95. The zero-order chi connectivity index (χ0) is 12.4. The van der Waals surface area contributed by atoms with E-state index >= 15 is 0 Å². The second-order valence-electron chi connectivity index (χ2n) is 3.77. The summed E-state index contributed by atoms with van der Waals surface area (Å²) in [6.07, 6.45) is 0.737. The Morgan fingerprint density at radius 2 is 2.12 bits per heavy atom. The van der Waals surface area contributed by atoms with Gasteiger partial charge in [-0.2, -0.15) is 0 Å². The molecule has 0 aliphatic rings. The van der Waals surface area contributed by atoms with Crippen LogP contribution in [-0.2, 0) is 11.2 Å². The predicted molar refractivity (Wildman–Crippen MR) is 65.3 cm³/mol. The summed E-state index contributed by atoms with van der Waals surface area (Å²) in [6.45, 7) is 1.97. The Balaban J connectivity index is 2.74. The van der Waals surface area contributed by atoms with Gasteiger partial charge in [0, 0.05) is 6.07 Å². The van der Waals surface area contributed by atoms with E-state index < -0.39 is 0 Å². The minimum atomic E-state index is -0.368. The van der Waals surface area contributed by atoms with Crippen LogP contribution in [0.5, 0.6) is 0 Å². The van der Waals surface area contributed by atoms with Crippen LogP contribution in [0.3, 0.4) is 0 Å². The third-order valence-corrected chi connectivity index (χ3v) is 2.71. The minimum absolute atomic E-state index is 0.141. The van der Waals surface area contributed by atoms with Crippen LogP contribution in [0.4, 0.5) is 0 Å². The molecule has 4 heteroatoms. The van der Waals surface area contributed by atoms with Crippen LogP contribution in [0.25, 0.3) is 10.9 Å². The largest absolute Gasteiger partial charge is 0.465 e. The van der Waals surface area contributed by atoms with E-state index in [1.165, 1.54) is 13.2 Å². The monoisotopic (exact) mass is 231 g/mol. The number of carbonyl (C=O) groups is 1. The summed E-state index contributed by atoms with van der Waals surface area (Å²) in [5.41, 5.74) is 2.08. The van der Waals surface area contributed by atoms with Gasteiger partial charge in [-0.3, -0.25) is 4.79 Å². The molecule has 2 rings (SSSR count). The van der Waals surface area contributed by atoms with Crippen molar-refractivity contribution in [1.82, 2.24) is 4.98 Å². The summed E-state index contributed by atoms with van der Waals surface area (Å²) in [7, 11) is 1.35. The molecule has 0 saturated heterocycles. The molecule has 88 valence electrons. The van der Waals surface area contributed by atoms with E-state index in [4.69, 9.17) is 4.74 Å². The number of carbonyl (C=O) groups excluding carboxylic acids is 1. The average molecular weight is 231 g/mol. The highest BCUT2D eigenvalue weighted by Gasteiger charge is 2.10. The number of benzene rings is 1. The quantitative estimate of drug-likeness (QED) is 0.803. The third kappa shape index (κ3) is 2.06. The lowest BCUT2D eigenvalue weighted by molar-refractivity contribution is 0.0601. The first-order valence-corrected chi connectivity index (χ1v) is 5.40. The standard InChI is InChI=1S/C13H13NO3/c1-3-8-6-10(13(16)17-2)7-9-4-5-11(15)14-12(8)9/h4-7H,3H2,1-2H3,(H,14,15). The molecule has 0 fully saturated rings. The van der Waals surface area contributed by atoms with E-state index in [0.717, 1.165) is 22.9 Å². The van der Waals surface area contributed by atoms with Crippen LogP contribution in [0, 0.1) is 0 Å². The number of H-pyrrole nitrogens is 1. The molecule has 0 radical (unpaired) electrons. The Morgan fingerprint density at radius 1 is 1.35 bits per heavy atom. The number of nitrogens with one attached hydrogen (secondary N) is 1. The molecule has 1 aromatic carbocycles. The number of rotatable bonds is 2. The van der Waals surface area contributed by atoms with E-state index in [1.807, 2.05) is 6.92 Å². The second kappa shape index (κ2) is 4.41. The van der Waals surface area contributed by atoms with Gasteiger partial charge in [-0.1, -0.05) is 6.92 Å². The lowest BCUT2D eigenvalue weighted by atomic mass is 10.0. The van der Waals surface area contributed by atoms with Crippen molar-refractivity contribution in [2.75, 3.05) is 7.11 Å². The number of hydrogen-bond donors (Lipinski definition) is 1. The molecule has 0 amide bonds. The number of aromatic amines is 1. The Morgan fingerprint density at radius 3 is 2.76 bits per heavy atom. The highest BCUT2D eigenvalue weighted by Crippen LogP contribution is 2.19. The van der Waals surface area contributed by atoms with Crippen LogP contribution in [-0.4, -0.2) is 18.1 Å². The van der Waals surface area contributed by atoms with E-state index in [9.17, 15) is 9.59 Å². The number of aromatic nitrogens is 1. The zero-order valence-electron chi connectivity index (χ0n) is 9.74. The maximum Gasteiger partial charge on any atom is 0.337 e. The smallest absolute Gasteiger partial charge is 0.337 e. The Bertz CT molecular complexity index is 628. The first-order valence-electron chi connectivity index (χ1n) is 5.40. The lowest BCUT2D eigenvalue weighted by Gasteiger charge is -2.07. The molecule has 0 unspecified atom stereocenters. The van der Waals surface area contributed by atoms with Gasteiger partial charge in [0.25, 0.3) is 0 Å². The summed E-state index contributed by atoms with van der Waals surface area (Å²) < 4.78 is 4.70. The highest BCUT2D eigenvalue weighted by atomic mass is 16.5. The molecular formula is C13H13NO3. The van der Waals surface area contributed by atoms with Crippen LogP contribution in [0.1, 0.15) is 22.8 Å². The zero-order valence-corrected chi connectivity index (χ0v) is 9.74. The van der Waals surface area contributed by atoms with Crippen molar-refractivity contribution in [3.05, 3.63) is 45.7 Å². The first kappa shape index (κ1) is 11.4. The fraction of sp³-hybridized carbons (Fsp3) is 0.231. The molecular weight excluding hydrogens is 218 g/mol. The Kier molecular flexibility index (Phi) is 2.95. The van der Waals surface area contributed by atoms with E-state index in [2.05, 4.69) is 4.98 Å². The Hall–Kier alpha value is -2.10. The van der Waals surface area contributed by atoms with Gasteiger partial charge in [-0.05, 0) is 35.6 Å². The molecule has 0 spiro atoms. The number of methoxy groups -OCH3 is 1. The Labute approximate surface area is 98.2 Å². The lowest BCUT2D eigenvalue weighted by Crippen LogP contribution is -2.07. The number of fused-ring (bicyclic) bond motifs is 1. The van der Waals surface area contributed by atoms with Gasteiger partial charge in [0.2, 0.25) is 5.56 Å². The van der Waals surface area contributed by atoms with Crippen LogP contribution in [0.2, 0.25) is 0 Å². The van der Waals surface area contributed by atoms with Gasteiger partial charge in [-0.25, -0.2) is 4.79 Å². The third-order valence-electron chi connectivity index (χ3n) is 2.71. The number of aryl methyl sites for hydroxylation is 1. The molecule has 1 aromatic heterocycles. The van der Waals surface area contributed by atoms with Crippen molar-refractivity contribution >= 4 is 16.9 Å². The molecule has 0 atom stereocenters. The van der Waals surface area contributed by atoms with Gasteiger partial charge >= 0.3 is 5.97 Å². The van der Waals surface area contributed by atoms with E-state index in [0.29, 0.717) is 5.56 Å². The average Bonchev–Trinajstić information content (AvgIpc) is 2.36. The normalized spacial score (nSPS) is 10.5. The van der Waals surface area contributed by atoms with Crippen molar-refractivity contribution in [3.63, 3.8) is 0 Å². The molecule has 4 nitrogen and oxygen atoms in total. The number of hydrogen-bond acceptors (Lipinski definition) is 3. The van der Waals surface area contributed by atoms with Crippen molar-refractivity contribution in [2.24, 2.45) is 0 Å². The topological polar surface area (TPSA) is 59.2 Å². The molecule has 1 heterocycles. The predicted octanol–water partition coefficient (Wildman–Crippen LogP) is 1.88. The second-order valence-corrected chi connectivity index (χ2v) is 3.77. The number of pyridine rings is 1. The van der Waals surface area contributed by atoms with Gasteiger partial charge in [0.1, 0.15) is 0 Å². The van der Waals surface area contributed by atoms with Gasteiger partial charge in [0.15, 0.2) is 0 Å². The first-order chi connectivity index (χ1) is 8.15. The number of esters is 1. The fourth-order valence-corrected chi connectivity index (χ4v) is 1.86. The molecule has 2 aromatic rings. The van der Waals surface area contributed by atoms with E-state index in [1.54, 1.807) is 18.2 Å². The molecule has 17 heavy (non-hydrogen) atoms. The molecule has 0 aliphatic carbocycles. The maximum absolute atomic E-state index is 11.5. The minimum Gasteiger partial charge on any atom is -0.465 e. The summed E-state index contributed by atoms with van der Waals surface area (Å²) in [5.74, 6) is -0.368. The molecule has 0 bridgehead atoms. The van der Waals surface area contributed by atoms with Crippen molar-refractivity contribution in [1.29, 1.82) is 0 Å². The molecule has 0 aliphatic heterocycles. The van der Waals surface area contributed by atoms with Gasteiger partial charge in [-0.15, -0.1) is 0 Å². The van der Waals surface area contributed by atoms with Gasteiger partial charge in [0.05, 0.1) is 18.2 Å². The summed E-state index contributed by atoms with van der Waals surface area (Å²) >= 11 is 0. The van der Waals surface area contributed by atoms with Crippen LogP contribution in [0.15, 0.2) is 29.1 Å². The molecule has 1 N–H and O–H groups in total. The maximum atomic E-state index is 11.5. The van der Waals surface area contributed by atoms with Crippen LogP contribution >= 0.6 is 0 Å². The summed E-state index contributed by atoms with van der Waals surface area (Å²) in [5, 5.41) is 0.837. The van der Waals surface area contributed by atoms with Crippen molar-refractivity contribution < 1.29 is 9.53 Å². The van der Waals surface area contributed by atoms with E-state index in [-0.39, 0.29) is 11.5 Å². The van der Waals surface area contributed by atoms with Gasteiger partial charge < -0.3 is 9.72 Å². The van der Waals surface area contributed by atoms with Crippen molar-refractivity contribution in [3.8, 4) is 0 Å².